The van der Waals surface area contributed by atoms with Gasteiger partial charge in [-0.1, -0.05) is 32.0 Å². The summed E-state index contributed by atoms with van der Waals surface area (Å²) < 4.78 is 17.5. The minimum Gasteiger partial charge on any atom is -0.505 e. The minimum absolute atomic E-state index is 0.0246. The number of anilines is 1. The van der Waals surface area contributed by atoms with Gasteiger partial charge >= 0.3 is 0 Å². The maximum absolute atomic E-state index is 14.4. The molecule has 0 saturated heterocycles. The number of benzene rings is 1. The predicted octanol–water partition coefficient (Wildman–Crippen LogP) is 3.24. The van der Waals surface area contributed by atoms with Crippen molar-refractivity contribution in [1.82, 2.24) is 34.5 Å². The second kappa shape index (κ2) is 7.94. The molecular formula is C25H21FN8O2. The highest BCUT2D eigenvalue weighted by atomic mass is 19.1. The van der Waals surface area contributed by atoms with Gasteiger partial charge in [-0.25, -0.2) is 28.7 Å². The molecule has 0 fully saturated rings. The lowest BCUT2D eigenvalue weighted by molar-refractivity contribution is -0.109. The number of carbonyl (C=O) groups excluding carboxylic acids is 1. The number of aldehydes is 1. The van der Waals surface area contributed by atoms with Crippen LogP contribution in [0.5, 0.6) is 5.75 Å². The summed E-state index contributed by atoms with van der Waals surface area (Å²) in [6, 6.07) is 9.61. The van der Waals surface area contributed by atoms with Crippen molar-refractivity contribution < 1.29 is 14.3 Å². The SMILES string of the molecule is CC1(C)c2c(nc(-c3nn(Cc4ccccc4F)c4ncccc34)nc2-n2cc(O)cn2)NC1C=O. The molecule has 4 aromatic heterocycles. The average Bonchev–Trinajstić information content (AvgIpc) is 3.54. The summed E-state index contributed by atoms with van der Waals surface area (Å²) in [6.45, 7) is 4.01. The van der Waals surface area contributed by atoms with Crippen molar-refractivity contribution in [2.45, 2.75) is 31.8 Å². The maximum atomic E-state index is 14.4. The van der Waals surface area contributed by atoms with Crippen molar-refractivity contribution in [3.8, 4) is 23.1 Å². The summed E-state index contributed by atoms with van der Waals surface area (Å²) in [5.41, 5.74) is 1.53. The highest BCUT2D eigenvalue weighted by molar-refractivity contribution is 5.90. The Morgan fingerprint density at radius 3 is 2.78 bits per heavy atom. The van der Waals surface area contributed by atoms with Gasteiger partial charge in [0.25, 0.3) is 0 Å². The fraction of sp³-hybridized carbons (Fsp3) is 0.200. The van der Waals surface area contributed by atoms with Gasteiger partial charge in [0.2, 0.25) is 0 Å². The fourth-order valence-electron chi connectivity index (χ4n) is 4.61. The molecule has 0 aliphatic carbocycles. The number of carbonyl (C=O) groups is 1. The van der Waals surface area contributed by atoms with Crippen molar-refractivity contribution in [2.24, 2.45) is 0 Å². The number of rotatable bonds is 5. The molecule has 1 unspecified atom stereocenters. The molecule has 0 bridgehead atoms. The van der Waals surface area contributed by atoms with E-state index in [0.29, 0.717) is 39.5 Å². The molecule has 0 radical (unpaired) electrons. The van der Waals surface area contributed by atoms with Crippen molar-refractivity contribution in [2.75, 3.05) is 5.32 Å². The third-order valence-corrected chi connectivity index (χ3v) is 6.52. The average molecular weight is 484 g/mol. The molecular weight excluding hydrogens is 463 g/mol. The van der Waals surface area contributed by atoms with E-state index in [0.717, 1.165) is 6.29 Å². The first-order valence-electron chi connectivity index (χ1n) is 11.3. The molecule has 5 aromatic rings. The van der Waals surface area contributed by atoms with Gasteiger partial charge < -0.3 is 15.2 Å². The van der Waals surface area contributed by atoms with E-state index in [-0.39, 0.29) is 23.9 Å². The van der Waals surface area contributed by atoms with Crippen LogP contribution in [0, 0.1) is 5.82 Å². The highest BCUT2D eigenvalue weighted by Gasteiger charge is 2.44. The van der Waals surface area contributed by atoms with Crippen molar-refractivity contribution in [3.05, 3.63) is 71.9 Å². The Bertz CT molecular complexity index is 1640. The smallest absolute Gasteiger partial charge is 0.184 e. The Labute approximate surface area is 204 Å². The van der Waals surface area contributed by atoms with Gasteiger partial charge in [0.15, 0.2) is 23.0 Å². The van der Waals surface area contributed by atoms with Crippen LogP contribution in [0.4, 0.5) is 10.2 Å². The zero-order valence-electron chi connectivity index (χ0n) is 19.4. The predicted molar refractivity (Wildman–Crippen MR) is 129 cm³/mol. The number of nitrogens with zero attached hydrogens (tertiary/aromatic N) is 7. The van der Waals surface area contributed by atoms with E-state index in [1.54, 1.807) is 35.1 Å². The van der Waals surface area contributed by atoms with Crippen LogP contribution in [-0.2, 0) is 16.8 Å². The Morgan fingerprint density at radius 1 is 1.19 bits per heavy atom. The number of pyridine rings is 1. The van der Waals surface area contributed by atoms with Gasteiger partial charge in [-0.05, 0) is 18.2 Å². The van der Waals surface area contributed by atoms with Crippen LogP contribution in [0.1, 0.15) is 25.0 Å². The molecule has 1 aliphatic rings. The summed E-state index contributed by atoms with van der Waals surface area (Å²) >= 11 is 0. The van der Waals surface area contributed by atoms with Crippen LogP contribution in [0.2, 0.25) is 0 Å². The van der Waals surface area contributed by atoms with Gasteiger partial charge in [-0.3, -0.25) is 0 Å². The Kier molecular flexibility index (Phi) is 4.82. The van der Waals surface area contributed by atoms with E-state index >= 15 is 0 Å². The molecule has 0 spiro atoms. The number of hydrogen-bond acceptors (Lipinski definition) is 8. The second-order valence-corrected chi connectivity index (χ2v) is 9.19. The van der Waals surface area contributed by atoms with E-state index in [9.17, 15) is 14.3 Å². The number of aromatic nitrogens is 7. The third-order valence-electron chi connectivity index (χ3n) is 6.52. The molecule has 6 rings (SSSR count). The van der Waals surface area contributed by atoms with Crippen LogP contribution in [0.25, 0.3) is 28.4 Å². The zero-order valence-corrected chi connectivity index (χ0v) is 19.4. The van der Waals surface area contributed by atoms with E-state index in [2.05, 4.69) is 15.4 Å². The van der Waals surface area contributed by atoms with Crippen LogP contribution in [-0.4, -0.2) is 51.9 Å². The quantitative estimate of drug-likeness (QED) is 0.365. The number of aromatic hydroxyl groups is 1. The molecule has 0 amide bonds. The molecule has 1 aliphatic heterocycles. The number of halogens is 1. The monoisotopic (exact) mass is 484 g/mol. The molecule has 5 heterocycles. The summed E-state index contributed by atoms with van der Waals surface area (Å²) in [7, 11) is 0. The lowest BCUT2D eigenvalue weighted by Crippen LogP contribution is -2.35. The van der Waals surface area contributed by atoms with Gasteiger partial charge in [0, 0.05) is 22.7 Å². The summed E-state index contributed by atoms with van der Waals surface area (Å²) in [5.74, 6) is 0.812. The molecule has 10 nitrogen and oxygen atoms in total. The van der Waals surface area contributed by atoms with E-state index in [1.807, 2.05) is 19.9 Å². The van der Waals surface area contributed by atoms with Crippen molar-refractivity contribution in [3.63, 3.8) is 0 Å². The number of nitrogens with one attached hydrogen (secondary N) is 1. The number of fused-ring (bicyclic) bond motifs is 2. The lowest BCUT2D eigenvalue weighted by atomic mass is 9.82. The summed E-state index contributed by atoms with van der Waals surface area (Å²) in [5, 5.41) is 22.8. The Balaban J connectivity index is 1.56. The van der Waals surface area contributed by atoms with Gasteiger partial charge in [0.1, 0.15) is 23.6 Å². The Morgan fingerprint density at radius 2 is 2.03 bits per heavy atom. The third kappa shape index (κ3) is 3.31. The van der Waals surface area contributed by atoms with Crippen LogP contribution < -0.4 is 5.32 Å². The normalized spacial score (nSPS) is 16.1. The summed E-state index contributed by atoms with van der Waals surface area (Å²) in [6.07, 6.45) is 5.23. The number of hydrogen-bond donors (Lipinski definition) is 2. The molecule has 11 heteroatoms. The minimum atomic E-state index is -0.639. The zero-order chi connectivity index (χ0) is 25.0. The van der Waals surface area contributed by atoms with Gasteiger partial charge in [-0.2, -0.15) is 10.2 Å². The van der Waals surface area contributed by atoms with Crippen LogP contribution >= 0.6 is 0 Å². The van der Waals surface area contributed by atoms with Crippen molar-refractivity contribution >= 4 is 23.1 Å². The summed E-state index contributed by atoms with van der Waals surface area (Å²) in [4.78, 5) is 25.8. The van der Waals surface area contributed by atoms with Gasteiger partial charge in [0.05, 0.1) is 30.4 Å². The fourth-order valence-corrected chi connectivity index (χ4v) is 4.61. The first-order valence-corrected chi connectivity index (χ1v) is 11.3. The maximum Gasteiger partial charge on any atom is 0.184 e. The topological polar surface area (TPSA) is 124 Å². The van der Waals surface area contributed by atoms with E-state index in [1.165, 1.54) is 23.1 Å². The van der Waals surface area contributed by atoms with Gasteiger partial charge in [-0.15, -0.1) is 0 Å². The molecule has 36 heavy (non-hydrogen) atoms. The molecule has 0 saturated carbocycles. The van der Waals surface area contributed by atoms with E-state index in [4.69, 9.17) is 15.1 Å². The molecule has 2 N–H and O–H groups in total. The van der Waals surface area contributed by atoms with Crippen LogP contribution in [0.3, 0.4) is 0 Å². The first kappa shape index (κ1) is 21.8. The van der Waals surface area contributed by atoms with Crippen LogP contribution in [0.15, 0.2) is 55.0 Å². The second-order valence-electron chi connectivity index (χ2n) is 9.19. The van der Waals surface area contributed by atoms with Crippen molar-refractivity contribution in [1.29, 1.82) is 0 Å². The molecule has 180 valence electrons. The standard InChI is InChI=1S/C25H21FN8O2/c1-25(2)18(13-35)29-21-19(25)24(33-12-15(36)10-28-33)31-22(30-21)20-16-7-5-9-27-23(16)34(32-20)11-14-6-3-4-8-17(14)26/h3-10,12-13,18,36H,11H2,1-2H3,(H,29,30,31). The first-order chi connectivity index (χ1) is 17.4. The molecule has 1 atom stereocenters. The largest absolute Gasteiger partial charge is 0.505 e. The highest BCUT2D eigenvalue weighted by Crippen LogP contribution is 2.43. The lowest BCUT2D eigenvalue weighted by Gasteiger charge is -2.23. The van der Waals surface area contributed by atoms with E-state index < -0.39 is 11.5 Å². The molecule has 1 aromatic carbocycles. The Hall–Kier alpha value is -4.67.